The number of halogens is 2. The molecule has 0 saturated carbocycles. The van der Waals surface area contributed by atoms with E-state index in [1.165, 1.54) is 6.08 Å². The molecule has 1 aromatic carbocycles. The lowest BCUT2D eigenvalue weighted by molar-refractivity contribution is -0.137. The van der Waals surface area contributed by atoms with Crippen LogP contribution < -0.4 is 0 Å². The van der Waals surface area contributed by atoms with Gasteiger partial charge < -0.3 is 4.74 Å². The second-order valence-corrected chi connectivity index (χ2v) is 4.43. The van der Waals surface area contributed by atoms with Crippen LogP contribution in [-0.4, -0.2) is 12.6 Å². The van der Waals surface area contributed by atoms with Crippen molar-refractivity contribution in [3.8, 4) is 0 Å². The molecule has 80 valence electrons. The van der Waals surface area contributed by atoms with E-state index in [0.717, 1.165) is 10.0 Å². The second-order valence-electron chi connectivity index (χ2n) is 2.72. The number of hydrogen-bond acceptors (Lipinski definition) is 2. The smallest absolute Gasteiger partial charge is 0.331 e. The molecular formula is C11H10Br2O2. The fourth-order valence-electron chi connectivity index (χ4n) is 1.02. The second kappa shape index (κ2) is 6.08. The van der Waals surface area contributed by atoms with Gasteiger partial charge in [0.1, 0.15) is 0 Å². The van der Waals surface area contributed by atoms with Gasteiger partial charge in [-0.3, -0.25) is 0 Å². The Morgan fingerprint density at radius 3 is 2.73 bits per heavy atom. The van der Waals surface area contributed by atoms with Gasteiger partial charge in [0, 0.05) is 20.6 Å². The first-order valence-electron chi connectivity index (χ1n) is 4.44. The van der Waals surface area contributed by atoms with E-state index in [2.05, 4.69) is 31.9 Å². The first-order chi connectivity index (χ1) is 7.15. The fraction of sp³-hybridized carbons (Fsp3) is 0.182. The van der Waals surface area contributed by atoms with Crippen molar-refractivity contribution in [2.45, 2.75) is 6.92 Å². The largest absolute Gasteiger partial charge is 0.463 e. The molecule has 0 aliphatic rings. The zero-order valence-corrected chi connectivity index (χ0v) is 11.3. The Labute approximate surface area is 106 Å². The Hall–Kier alpha value is -0.610. The molecule has 0 N–H and O–H groups in total. The Kier molecular flexibility index (Phi) is 5.05. The van der Waals surface area contributed by atoms with Gasteiger partial charge in [-0.25, -0.2) is 4.79 Å². The zero-order chi connectivity index (χ0) is 11.3. The minimum absolute atomic E-state index is 0.347. The lowest BCUT2D eigenvalue weighted by Crippen LogP contribution is -1.99. The van der Waals surface area contributed by atoms with Crippen LogP contribution in [0.1, 0.15) is 12.5 Å². The Balaban J connectivity index is 2.89. The summed E-state index contributed by atoms with van der Waals surface area (Å²) < 4.78 is 6.44. The molecule has 0 atom stereocenters. The molecule has 15 heavy (non-hydrogen) atoms. The maximum atomic E-state index is 11.2. The molecule has 0 heterocycles. The minimum Gasteiger partial charge on any atom is -0.463 e. The van der Waals surface area contributed by atoms with Crippen molar-refractivity contribution in [3.63, 3.8) is 0 Å². The molecule has 0 aromatic heterocycles. The molecule has 4 heteroatoms. The molecule has 0 fully saturated rings. The highest BCUT2D eigenvalue weighted by atomic mass is 79.9. The lowest BCUT2D eigenvalue weighted by atomic mass is 10.2. The van der Waals surface area contributed by atoms with E-state index in [1.807, 2.05) is 24.3 Å². The van der Waals surface area contributed by atoms with Crippen LogP contribution >= 0.6 is 31.9 Å². The number of carbonyl (C=O) groups excluding carboxylic acids is 1. The summed E-state index contributed by atoms with van der Waals surface area (Å²) in [4.78, 5) is 11.2. The average molecular weight is 334 g/mol. The van der Waals surface area contributed by atoms with Crippen LogP contribution in [0.15, 0.2) is 34.8 Å². The number of hydrogen-bond donors (Lipinski definition) is 0. The van der Waals surface area contributed by atoms with Crippen LogP contribution in [0.25, 0.3) is 4.48 Å². The molecule has 0 radical (unpaired) electrons. The third-order valence-corrected chi connectivity index (χ3v) is 3.01. The highest BCUT2D eigenvalue weighted by Gasteiger charge is 2.05. The van der Waals surface area contributed by atoms with E-state index in [4.69, 9.17) is 4.74 Å². The van der Waals surface area contributed by atoms with Gasteiger partial charge in [-0.05, 0) is 28.9 Å². The van der Waals surface area contributed by atoms with Crippen molar-refractivity contribution < 1.29 is 9.53 Å². The summed E-state index contributed by atoms with van der Waals surface area (Å²) in [6.45, 7) is 2.16. The highest BCUT2D eigenvalue weighted by molar-refractivity contribution is 9.15. The number of rotatable bonds is 3. The third-order valence-electron chi connectivity index (χ3n) is 1.66. The van der Waals surface area contributed by atoms with Crippen molar-refractivity contribution in [1.82, 2.24) is 0 Å². The van der Waals surface area contributed by atoms with Gasteiger partial charge in [-0.15, -0.1) is 0 Å². The van der Waals surface area contributed by atoms with Gasteiger partial charge in [0.05, 0.1) is 6.61 Å². The number of carbonyl (C=O) groups is 1. The van der Waals surface area contributed by atoms with Crippen LogP contribution in [0.5, 0.6) is 0 Å². The van der Waals surface area contributed by atoms with Crippen molar-refractivity contribution in [3.05, 3.63) is 40.4 Å². The quantitative estimate of drug-likeness (QED) is 0.622. The van der Waals surface area contributed by atoms with E-state index >= 15 is 0 Å². The van der Waals surface area contributed by atoms with Gasteiger partial charge in [0.15, 0.2) is 0 Å². The molecule has 0 aliphatic heterocycles. The summed E-state index contributed by atoms with van der Waals surface area (Å²) in [6, 6.07) is 7.64. The monoisotopic (exact) mass is 332 g/mol. The molecule has 1 aromatic rings. The standard InChI is InChI=1S/C11H10Br2O2/c1-2-15-11(14)7-10(13)8-5-3-4-6-9(8)12/h3-7H,2H2,1H3/b10-7-. The van der Waals surface area contributed by atoms with Crippen LogP contribution in [0, 0.1) is 0 Å². The number of ether oxygens (including phenoxy) is 1. The minimum atomic E-state index is -0.347. The summed E-state index contributed by atoms with van der Waals surface area (Å²) in [5.74, 6) is -0.347. The van der Waals surface area contributed by atoms with Crippen molar-refractivity contribution in [2.24, 2.45) is 0 Å². The lowest BCUT2D eigenvalue weighted by Gasteiger charge is -2.02. The van der Waals surface area contributed by atoms with Gasteiger partial charge in [-0.1, -0.05) is 34.1 Å². The van der Waals surface area contributed by atoms with Crippen LogP contribution in [0.4, 0.5) is 0 Å². The van der Waals surface area contributed by atoms with Gasteiger partial charge in [-0.2, -0.15) is 0 Å². The van der Waals surface area contributed by atoms with Gasteiger partial charge >= 0.3 is 5.97 Å². The van der Waals surface area contributed by atoms with E-state index in [1.54, 1.807) is 6.92 Å². The predicted molar refractivity (Wildman–Crippen MR) is 67.7 cm³/mol. The first kappa shape index (κ1) is 12.5. The molecule has 0 saturated heterocycles. The molecule has 2 nitrogen and oxygen atoms in total. The molecular weight excluding hydrogens is 324 g/mol. The fourth-order valence-corrected chi connectivity index (χ4v) is 2.32. The van der Waals surface area contributed by atoms with E-state index in [-0.39, 0.29) is 5.97 Å². The topological polar surface area (TPSA) is 26.3 Å². The predicted octanol–water partition coefficient (Wildman–Crippen LogP) is 3.75. The normalized spacial score (nSPS) is 11.3. The maximum Gasteiger partial charge on any atom is 0.331 e. The van der Waals surface area contributed by atoms with Crippen LogP contribution in [0.3, 0.4) is 0 Å². The van der Waals surface area contributed by atoms with Gasteiger partial charge in [0.25, 0.3) is 0 Å². The molecule has 0 unspecified atom stereocenters. The summed E-state index contributed by atoms with van der Waals surface area (Å²) in [5.41, 5.74) is 0.922. The van der Waals surface area contributed by atoms with E-state index in [0.29, 0.717) is 11.1 Å². The van der Waals surface area contributed by atoms with Crippen molar-refractivity contribution >= 4 is 42.3 Å². The molecule has 1 rings (SSSR count). The zero-order valence-electron chi connectivity index (χ0n) is 8.17. The summed E-state index contributed by atoms with van der Waals surface area (Å²) in [7, 11) is 0. The average Bonchev–Trinajstić information content (AvgIpc) is 2.18. The molecule has 0 amide bonds. The molecule has 0 bridgehead atoms. The molecule has 0 aliphatic carbocycles. The Bertz CT molecular complexity index is 386. The van der Waals surface area contributed by atoms with Crippen molar-refractivity contribution in [2.75, 3.05) is 6.61 Å². The van der Waals surface area contributed by atoms with Crippen LogP contribution in [0.2, 0.25) is 0 Å². The Morgan fingerprint density at radius 1 is 1.47 bits per heavy atom. The Morgan fingerprint density at radius 2 is 2.13 bits per heavy atom. The summed E-state index contributed by atoms with van der Waals surface area (Å²) >= 11 is 6.74. The summed E-state index contributed by atoms with van der Waals surface area (Å²) in [5, 5.41) is 0. The van der Waals surface area contributed by atoms with E-state index < -0.39 is 0 Å². The first-order valence-corrected chi connectivity index (χ1v) is 6.02. The summed E-state index contributed by atoms with van der Waals surface area (Å²) in [6.07, 6.45) is 1.42. The maximum absolute atomic E-state index is 11.2. The van der Waals surface area contributed by atoms with Gasteiger partial charge in [0.2, 0.25) is 0 Å². The highest BCUT2D eigenvalue weighted by Crippen LogP contribution is 2.28. The number of esters is 1. The van der Waals surface area contributed by atoms with Crippen LogP contribution in [-0.2, 0) is 9.53 Å². The SMILES string of the molecule is CCOC(=O)/C=C(\Br)c1ccccc1Br. The van der Waals surface area contributed by atoms with Crippen molar-refractivity contribution in [1.29, 1.82) is 0 Å². The third kappa shape index (κ3) is 3.80. The number of benzene rings is 1. The van der Waals surface area contributed by atoms with E-state index in [9.17, 15) is 4.79 Å². The molecule has 0 spiro atoms.